The molecule has 240 valence electrons. The van der Waals surface area contributed by atoms with Crippen LogP contribution >= 0.6 is 11.3 Å². The van der Waals surface area contributed by atoms with Gasteiger partial charge < -0.3 is 9.15 Å². The molecular weight excluding hydrogens is 641 g/mol. The van der Waals surface area contributed by atoms with E-state index in [4.69, 9.17) is 9.15 Å². The third-order valence-corrected chi connectivity index (χ3v) is 11.9. The van der Waals surface area contributed by atoms with Crippen LogP contribution in [-0.2, 0) is 0 Å². The van der Waals surface area contributed by atoms with Gasteiger partial charge in [0.25, 0.3) is 0 Å². The van der Waals surface area contributed by atoms with Crippen molar-refractivity contribution in [1.82, 2.24) is 0 Å². The molecule has 7 aromatic carbocycles. The molecule has 0 bridgehead atoms. The van der Waals surface area contributed by atoms with E-state index in [0.29, 0.717) is 0 Å². The molecule has 1 aliphatic heterocycles. The molecule has 0 saturated heterocycles. The minimum absolute atomic E-state index is 0.0391. The highest BCUT2D eigenvalue weighted by Gasteiger charge is 2.36. The minimum Gasteiger partial charge on any atom is -0.484 e. The summed E-state index contributed by atoms with van der Waals surface area (Å²) in [4.78, 5) is 0. The van der Waals surface area contributed by atoms with Gasteiger partial charge >= 0.3 is 0 Å². The Morgan fingerprint density at radius 2 is 1.12 bits per heavy atom. The topological polar surface area (TPSA) is 22.4 Å². The Hall–Kier alpha value is -6.16. The van der Waals surface area contributed by atoms with Gasteiger partial charge in [-0.2, -0.15) is 0 Å². The van der Waals surface area contributed by atoms with Crippen LogP contribution in [0.3, 0.4) is 0 Å². The van der Waals surface area contributed by atoms with Crippen LogP contribution in [0.1, 0.15) is 17.0 Å². The van der Waals surface area contributed by atoms with Crippen molar-refractivity contribution in [1.29, 1.82) is 0 Å². The SMILES string of the molecule is C1=C[C@@H](c2cc(-c3cccc4c3oc3c(-c5ccccc5)cccc34)cc(-c3cccc4c3sc3ccccc34)c2)C2Oc3ccccc3C2=C1. The van der Waals surface area contributed by atoms with Crippen LogP contribution in [-0.4, -0.2) is 6.10 Å². The van der Waals surface area contributed by atoms with Gasteiger partial charge in [-0.25, -0.2) is 0 Å². The van der Waals surface area contributed by atoms with Crippen molar-refractivity contribution in [3.63, 3.8) is 0 Å². The summed E-state index contributed by atoms with van der Waals surface area (Å²) in [5.74, 6) is 0.993. The number of fused-ring (bicyclic) bond motifs is 9. The number of ether oxygens (including phenoxy) is 1. The summed E-state index contributed by atoms with van der Waals surface area (Å²) in [5.41, 5.74) is 12.4. The van der Waals surface area contributed by atoms with Crippen molar-refractivity contribution in [2.45, 2.75) is 12.0 Å². The van der Waals surface area contributed by atoms with E-state index in [1.165, 1.54) is 48.0 Å². The monoisotopic (exact) mass is 670 g/mol. The van der Waals surface area contributed by atoms with Gasteiger partial charge in [-0.1, -0.05) is 152 Å². The number of para-hydroxylation sites is 3. The fourth-order valence-electron chi connectivity index (χ4n) is 8.30. The Balaban J connectivity index is 1.15. The molecule has 11 rings (SSSR count). The fourth-order valence-corrected chi connectivity index (χ4v) is 9.54. The van der Waals surface area contributed by atoms with E-state index >= 15 is 0 Å². The first-order valence-electron chi connectivity index (χ1n) is 17.5. The zero-order valence-electron chi connectivity index (χ0n) is 27.5. The molecule has 0 spiro atoms. The predicted octanol–water partition coefficient (Wildman–Crippen LogP) is 13.5. The van der Waals surface area contributed by atoms with E-state index in [0.717, 1.165) is 49.9 Å². The Labute approximate surface area is 299 Å². The number of rotatable bonds is 4. The standard InChI is InChI=1S/C48H30O2S/c1-2-12-29(13-3-1)33-16-8-21-40-41-22-10-18-35(47(41)50-46(33)40)31-26-30(34-17-9-20-39-37-14-4-6-24-43(37)49-45(34)39)27-32(28-31)36-19-11-23-42-38-15-5-7-25-44(38)51-48(36)42/h1-28,34,45H/t34-,45?/m0/s1. The van der Waals surface area contributed by atoms with Crippen molar-refractivity contribution < 1.29 is 9.15 Å². The summed E-state index contributed by atoms with van der Waals surface area (Å²) in [7, 11) is 0. The molecule has 0 N–H and O–H groups in total. The van der Waals surface area contributed by atoms with E-state index in [-0.39, 0.29) is 12.0 Å². The van der Waals surface area contributed by atoms with Gasteiger partial charge in [0.15, 0.2) is 0 Å². The summed E-state index contributed by atoms with van der Waals surface area (Å²) in [6, 6.07) is 54.5. The Kier molecular flexibility index (Phi) is 6.28. The lowest BCUT2D eigenvalue weighted by molar-refractivity contribution is 0.258. The van der Waals surface area contributed by atoms with E-state index < -0.39 is 0 Å². The van der Waals surface area contributed by atoms with Crippen molar-refractivity contribution >= 4 is 59.0 Å². The molecular formula is C48H30O2S. The van der Waals surface area contributed by atoms with E-state index in [1.54, 1.807) is 0 Å². The van der Waals surface area contributed by atoms with Gasteiger partial charge in [0.1, 0.15) is 23.0 Å². The number of allylic oxidation sites excluding steroid dienone is 2. The number of hydrogen-bond acceptors (Lipinski definition) is 3. The van der Waals surface area contributed by atoms with Crippen LogP contribution in [0.25, 0.3) is 81.1 Å². The molecule has 3 heterocycles. The van der Waals surface area contributed by atoms with Crippen LogP contribution in [0, 0.1) is 0 Å². The highest BCUT2D eigenvalue weighted by molar-refractivity contribution is 7.26. The van der Waals surface area contributed by atoms with Gasteiger partial charge in [0.05, 0.1) is 0 Å². The molecule has 2 nitrogen and oxygen atoms in total. The molecule has 2 aliphatic rings. The molecule has 0 amide bonds. The van der Waals surface area contributed by atoms with Crippen LogP contribution < -0.4 is 4.74 Å². The van der Waals surface area contributed by atoms with Crippen molar-refractivity contribution in [3.8, 4) is 39.1 Å². The molecule has 2 aromatic heterocycles. The lowest BCUT2D eigenvalue weighted by atomic mass is 9.82. The molecule has 3 heteroatoms. The smallest absolute Gasteiger partial charge is 0.143 e. The summed E-state index contributed by atoms with van der Waals surface area (Å²) < 4.78 is 16.3. The first-order valence-corrected chi connectivity index (χ1v) is 18.3. The zero-order chi connectivity index (χ0) is 33.5. The molecule has 1 unspecified atom stereocenters. The molecule has 1 aliphatic carbocycles. The molecule has 51 heavy (non-hydrogen) atoms. The third-order valence-electron chi connectivity index (χ3n) is 10.7. The number of thiophene rings is 1. The second kappa shape index (κ2) is 11.2. The van der Waals surface area contributed by atoms with Crippen LogP contribution in [0.2, 0.25) is 0 Å². The van der Waals surface area contributed by atoms with Gasteiger partial charge in [0.2, 0.25) is 0 Å². The normalized spacial score (nSPS) is 16.4. The maximum Gasteiger partial charge on any atom is 0.143 e. The summed E-state index contributed by atoms with van der Waals surface area (Å²) >= 11 is 1.87. The van der Waals surface area contributed by atoms with E-state index in [1.807, 2.05) is 11.3 Å². The zero-order valence-corrected chi connectivity index (χ0v) is 28.4. The second-order valence-electron chi connectivity index (χ2n) is 13.5. The van der Waals surface area contributed by atoms with E-state index in [2.05, 4.69) is 170 Å². The van der Waals surface area contributed by atoms with E-state index in [9.17, 15) is 0 Å². The quantitative estimate of drug-likeness (QED) is 0.186. The summed E-state index contributed by atoms with van der Waals surface area (Å²) in [6.45, 7) is 0. The molecule has 9 aromatic rings. The molecule has 0 radical (unpaired) electrons. The first-order chi connectivity index (χ1) is 25.3. The van der Waals surface area contributed by atoms with Crippen molar-refractivity contribution in [2.75, 3.05) is 0 Å². The van der Waals surface area contributed by atoms with Crippen LogP contribution in [0.5, 0.6) is 5.75 Å². The Bertz CT molecular complexity index is 2900. The van der Waals surface area contributed by atoms with Crippen LogP contribution in [0.4, 0.5) is 0 Å². The highest BCUT2D eigenvalue weighted by atomic mass is 32.1. The summed E-state index contributed by atoms with van der Waals surface area (Å²) in [5, 5.41) is 4.85. The number of furan rings is 1. The lowest BCUT2D eigenvalue weighted by Crippen LogP contribution is -2.23. The van der Waals surface area contributed by atoms with Crippen molar-refractivity contribution in [3.05, 3.63) is 181 Å². The second-order valence-corrected chi connectivity index (χ2v) is 14.6. The largest absolute Gasteiger partial charge is 0.484 e. The number of benzene rings is 7. The maximum atomic E-state index is 6.93. The average molecular weight is 671 g/mol. The lowest BCUT2D eigenvalue weighted by Gasteiger charge is -2.26. The van der Waals surface area contributed by atoms with Gasteiger partial charge in [-0.05, 0) is 46.0 Å². The Morgan fingerprint density at radius 3 is 1.94 bits per heavy atom. The third kappa shape index (κ3) is 4.42. The van der Waals surface area contributed by atoms with Crippen LogP contribution in [0.15, 0.2) is 174 Å². The average Bonchev–Trinajstić information content (AvgIpc) is 3.89. The van der Waals surface area contributed by atoms with Gasteiger partial charge in [0, 0.05) is 59.1 Å². The van der Waals surface area contributed by atoms with Gasteiger partial charge in [-0.15, -0.1) is 11.3 Å². The molecule has 0 saturated carbocycles. The first kappa shape index (κ1) is 28.7. The fraction of sp³-hybridized carbons (Fsp3) is 0.0417. The maximum absolute atomic E-state index is 6.93. The highest BCUT2D eigenvalue weighted by Crippen LogP contribution is 2.48. The van der Waals surface area contributed by atoms with Gasteiger partial charge in [-0.3, -0.25) is 0 Å². The Morgan fingerprint density at radius 1 is 0.490 bits per heavy atom. The minimum atomic E-state index is -0.0916. The predicted molar refractivity (Wildman–Crippen MR) is 214 cm³/mol. The number of hydrogen-bond donors (Lipinski definition) is 0. The van der Waals surface area contributed by atoms with Crippen molar-refractivity contribution in [2.24, 2.45) is 0 Å². The summed E-state index contributed by atoms with van der Waals surface area (Å²) in [6.07, 6.45) is 6.63. The molecule has 0 fully saturated rings. The molecule has 2 atom stereocenters.